The molecule has 0 unspecified atom stereocenters. The fourth-order valence-electron chi connectivity index (χ4n) is 3.61. The van der Waals surface area contributed by atoms with Crippen molar-refractivity contribution in [3.05, 3.63) is 95.8 Å². The highest BCUT2D eigenvalue weighted by Gasteiger charge is 2.23. The Morgan fingerprint density at radius 2 is 1.70 bits per heavy atom. The lowest BCUT2D eigenvalue weighted by atomic mass is 10.1. The zero-order valence-corrected chi connectivity index (χ0v) is 17.7. The van der Waals surface area contributed by atoms with Gasteiger partial charge in [0.1, 0.15) is 16.9 Å². The second-order valence-electron chi connectivity index (χ2n) is 7.45. The second kappa shape index (κ2) is 8.88. The van der Waals surface area contributed by atoms with Gasteiger partial charge >= 0.3 is 0 Å². The second-order valence-corrected chi connectivity index (χ2v) is 7.45. The highest BCUT2D eigenvalue weighted by atomic mass is 16.1. The predicted molar refractivity (Wildman–Crippen MR) is 129 cm³/mol. The van der Waals surface area contributed by atoms with Gasteiger partial charge in [-0.3, -0.25) is 9.78 Å². The first-order valence-corrected chi connectivity index (χ1v) is 10.5. The topological polar surface area (TPSA) is 111 Å². The predicted octanol–water partition coefficient (Wildman–Crippen LogP) is 3.42. The van der Waals surface area contributed by atoms with Crippen molar-refractivity contribution in [2.24, 2.45) is 5.10 Å². The van der Waals surface area contributed by atoms with Gasteiger partial charge in [-0.25, -0.2) is 9.97 Å². The summed E-state index contributed by atoms with van der Waals surface area (Å²) in [6.45, 7) is 0.465. The lowest BCUT2D eigenvalue weighted by Gasteiger charge is -2.05. The number of carbonyl (C=O) groups is 1. The first-order chi connectivity index (χ1) is 16.2. The quantitative estimate of drug-likeness (QED) is 0.397. The Morgan fingerprint density at radius 3 is 2.45 bits per heavy atom. The fraction of sp³-hybridized carbons (Fsp3) is 0.0800. The molecule has 0 fully saturated rings. The molecule has 3 aromatic heterocycles. The number of pyridine rings is 1. The maximum atomic E-state index is 13.2. The molecular weight excluding hydrogens is 414 g/mol. The molecule has 0 spiro atoms. The summed E-state index contributed by atoms with van der Waals surface area (Å²) < 4.78 is 1.44. The summed E-state index contributed by atoms with van der Waals surface area (Å²) in [6.07, 6.45) is 3.96. The molecule has 33 heavy (non-hydrogen) atoms. The van der Waals surface area contributed by atoms with Crippen molar-refractivity contribution in [2.45, 2.75) is 6.42 Å². The molecule has 0 aliphatic heterocycles. The minimum absolute atomic E-state index is 0.171. The Labute approximate surface area is 189 Å². The van der Waals surface area contributed by atoms with Gasteiger partial charge in [-0.2, -0.15) is 9.78 Å². The SMILES string of the molecule is Nc1c(C(=O)NCCc2ccccc2)c2nc3ccccc3nc2n1N=Cc1ccccn1. The number of nitrogens with one attached hydrogen (secondary N) is 1. The smallest absolute Gasteiger partial charge is 0.257 e. The number of rotatable bonds is 6. The number of nitrogens with zero attached hydrogens (tertiary/aromatic N) is 5. The third-order valence-electron chi connectivity index (χ3n) is 5.24. The Morgan fingerprint density at radius 1 is 0.970 bits per heavy atom. The number of nitrogens with two attached hydrogens (primary N) is 1. The molecule has 0 aliphatic carbocycles. The Kier molecular flexibility index (Phi) is 5.47. The van der Waals surface area contributed by atoms with E-state index in [0.29, 0.717) is 40.9 Å². The summed E-state index contributed by atoms with van der Waals surface area (Å²) in [5.74, 6) is -0.144. The van der Waals surface area contributed by atoms with Crippen LogP contribution in [0.4, 0.5) is 5.82 Å². The number of carbonyl (C=O) groups excluding carboxylic acids is 1. The summed E-state index contributed by atoms with van der Waals surface area (Å²) in [5, 5.41) is 7.41. The van der Waals surface area contributed by atoms with E-state index in [0.717, 1.165) is 5.56 Å². The molecule has 3 heterocycles. The maximum Gasteiger partial charge on any atom is 0.257 e. The lowest BCUT2D eigenvalue weighted by Crippen LogP contribution is -2.26. The van der Waals surface area contributed by atoms with E-state index >= 15 is 0 Å². The number of aromatic nitrogens is 4. The molecule has 0 saturated heterocycles. The van der Waals surface area contributed by atoms with Crippen molar-refractivity contribution in [2.75, 3.05) is 12.3 Å². The standard InChI is InChI=1S/C25H21N7O/c26-23-21(25(33)28-15-13-17-8-2-1-3-9-17)22-24(31-20-12-5-4-11-19(20)30-22)32(23)29-16-18-10-6-7-14-27-18/h1-12,14,16H,13,15,26H2,(H,28,33). The molecule has 0 aliphatic rings. The van der Waals surface area contributed by atoms with Gasteiger partial charge in [-0.05, 0) is 36.2 Å². The average molecular weight is 435 g/mol. The summed E-state index contributed by atoms with van der Waals surface area (Å²) in [4.78, 5) is 26.8. The number of nitrogen functional groups attached to an aromatic ring is 1. The van der Waals surface area contributed by atoms with Crippen LogP contribution in [0.3, 0.4) is 0 Å². The number of anilines is 1. The van der Waals surface area contributed by atoms with E-state index in [1.807, 2.05) is 72.8 Å². The van der Waals surface area contributed by atoms with E-state index in [1.165, 1.54) is 4.68 Å². The minimum Gasteiger partial charge on any atom is -0.383 e. The molecule has 162 valence electrons. The van der Waals surface area contributed by atoms with E-state index < -0.39 is 0 Å². The zero-order valence-electron chi connectivity index (χ0n) is 17.7. The van der Waals surface area contributed by atoms with Gasteiger partial charge in [0, 0.05) is 12.7 Å². The van der Waals surface area contributed by atoms with Crippen LogP contribution in [0.2, 0.25) is 0 Å². The number of fused-ring (bicyclic) bond motifs is 2. The van der Waals surface area contributed by atoms with Crippen LogP contribution in [0, 0.1) is 0 Å². The lowest BCUT2D eigenvalue weighted by molar-refractivity contribution is 0.0956. The number of hydrogen-bond acceptors (Lipinski definition) is 6. The van der Waals surface area contributed by atoms with Gasteiger partial charge in [0.15, 0.2) is 5.65 Å². The normalized spacial score (nSPS) is 11.4. The highest BCUT2D eigenvalue weighted by molar-refractivity contribution is 6.10. The van der Waals surface area contributed by atoms with E-state index in [9.17, 15) is 4.79 Å². The average Bonchev–Trinajstić information content (AvgIpc) is 3.12. The largest absolute Gasteiger partial charge is 0.383 e. The Balaban J connectivity index is 1.54. The zero-order chi connectivity index (χ0) is 22.6. The van der Waals surface area contributed by atoms with Crippen LogP contribution >= 0.6 is 0 Å². The Bertz CT molecular complexity index is 1460. The van der Waals surface area contributed by atoms with Crippen molar-refractivity contribution in [1.82, 2.24) is 24.9 Å². The maximum absolute atomic E-state index is 13.2. The van der Waals surface area contributed by atoms with E-state index in [4.69, 9.17) is 5.73 Å². The van der Waals surface area contributed by atoms with E-state index in [-0.39, 0.29) is 17.3 Å². The molecule has 5 rings (SSSR count). The molecule has 0 radical (unpaired) electrons. The minimum atomic E-state index is -0.315. The summed E-state index contributed by atoms with van der Waals surface area (Å²) >= 11 is 0. The number of benzene rings is 2. The van der Waals surface area contributed by atoms with Crippen LogP contribution in [0.15, 0.2) is 84.1 Å². The molecular formula is C25H21N7O. The van der Waals surface area contributed by atoms with Gasteiger partial charge in [0.05, 0.1) is 22.9 Å². The van der Waals surface area contributed by atoms with Gasteiger partial charge in [0.2, 0.25) is 0 Å². The molecule has 0 atom stereocenters. The summed E-state index contributed by atoms with van der Waals surface area (Å²) in [5.41, 5.74) is 10.6. The molecule has 8 nitrogen and oxygen atoms in total. The Hall–Kier alpha value is -4.59. The first kappa shape index (κ1) is 20.3. The molecule has 3 N–H and O–H groups in total. The monoisotopic (exact) mass is 435 g/mol. The van der Waals surface area contributed by atoms with Crippen molar-refractivity contribution >= 4 is 40.1 Å². The summed E-state index contributed by atoms with van der Waals surface area (Å²) in [7, 11) is 0. The van der Waals surface area contributed by atoms with E-state index in [1.54, 1.807) is 12.4 Å². The van der Waals surface area contributed by atoms with E-state index in [2.05, 4.69) is 25.4 Å². The highest BCUT2D eigenvalue weighted by Crippen LogP contribution is 2.27. The number of hydrogen-bond donors (Lipinski definition) is 2. The van der Waals surface area contributed by atoms with Crippen LogP contribution in [-0.4, -0.2) is 38.3 Å². The fourth-order valence-corrected chi connectivity index (χ4v) is 3.61. The van der Waals surface area contributed by atoms with Crippen molar-refractivity contribution in [1.29, 1.82) is 0 Å². The first-order valence-electron chi connectivity index (χ1n) is 10.5. The number of amides is 1. The van der Waals surface area contributed by atoms with Gasteiger partial charge < -0.3 is 11.1 Å². The molecule has 8 heteroatoms. The van der Waals surface area contributed by atoms with Crippen LogP contribution < -0.4 is 11.1 Å². The third kappa shape index (κ3) is 4.14. The van der Waals surface area contributed by atoms with Crippen molar-refractivity contribution in [3.8, 4) is 0 Å². The molecule has 0 saturated carbocycles. The van der Waals surface area contributed by atoms with Crippen molar-refractivity contribution < 1.29 is 4.79 Å². The van der Waals surface area contributed by atoms with Gasteiger partial charge in [-0.15, -0.1) is 0 Å². The van der Waals surface area contributed by atoms with Gasteiger partial charge in [0.25, 0.3) is 5.91 Å². The molecule has 2 aromatic carbocycles. The summed E-state index contributed by atoms with van der Waals surface area (Å²) in [6, 6.07) is 22.9. The number of para-hydroxylation sites is 2. The van der Waals surface area contributed by atoms with Crippen LogP contribution in [0.5, 0.6) is 0 Å². The molecule has 0 bridgehead atoms. The third-order valence-corrected chi connectivity index (χ3v) is 5.24. The van der Waals surface area contributed by atoms with Crippen LogP contribution in [0.1, 0.15) is 21.6 Å². The van der Waals surface area contributed by atoms with Gasteiger partial charge in [-0.1, -0.05) is 48.5 Å². The van der Waals surface area contributed by atoms with Crippen LogP contribution in [0.25, 0.3) is 22.2 Å². The molecule has 1 amide bonds. The van der Waals surface area contributed by atoms with Crippen LogP contribution in [-0.2, 0) is 6.42 Å². The van der Waals surface area contributed by atoms with Crippen molar-refractivity contribution in [3.63, 3.8) is 0 Å². The molecule has 5 aromatic rings.